The smallest absolute Gasteiger partial charge is 0.00640 e. The van der Waals surface area contributed by atoms with Gasteiger partial charge in [0.1, 0.15) is 0 Å². The first-order valence-corrected chi connectivity index (χ1v) is 5.12. The summed E-state index contributed by atoms with van der Waals surface area (Å²) >= 11 is 1.84. The second-order valence-corrected chi connectivity index (χ2v) is 4.26. The molecule has 0 aromatic carbocycles. The second-order valence-electron chi connectivity index (χ2n) is 3.15. The van der Waals surface area contributed by atoms with Crippen molar-refractivity contribution >= 4 is 11.3 Å². The lowest BCUT2D eigenvalue weighted by Gasteiger charge is -2.10. The van der Waals surface area contributed by atoms with E-state index in [1.807, 2.05) is 11.3 Å². The van der Waals surface area contributed by atoms with Crippen molar-refractivity contribution in [1.29, 1.82) is 0 Å². The summed E-state index contributed by atoms with van der Waals surface area (Å²) in [5, 5.41) is 2.27. The van der Waals surface area contributed by atoms with Gasteiger partial charge in [-0.2, -0.15) is 0 Å². The highest BCUT2D eigenvalue weighted by atomic mass is 32.1. The lowest BCUT2D eigenvalue weighted by molar-refractivity contribution is 0.858. The monoisotopic (exact) mass is 176 g/mol. The average Bonchev–Trinajstić information content (AvgIpc) is 2.54. The molecule has 0 saturated carbocycles. The van der Waals surface area contributed by atoms with Gasteiger partial charge in [0, 0.05) is 10.8 Å². The number of thiophene rings is 1. The number of aryl methyl sites for hydroxylation is 1. The first-order chi connectivity index (χ1) is 5.86. The summed E-state index contributed by atoms with van der Waals surface area (Å²) in [4.78, 5) is 1.41. The first kappa shape index (κ1) is 7.81. The van der Waals surface area contributed by atoms with Crippen LogP contribution in [-0.4, -0.2) is 0 Å². The molecule has 0 N–H and O–H groups in total. The molecule has 1 aliphatic rings. The highest BCUT2D eigenvalue weighted by molar-refractivity contribution is 7.10. The van der Waals surface area contributed by atoms with Crippen molar-refractivity contribution < 1.29 is 0 Å². The third kappa shape index (κ3) is 1.51. The summed E-state index contributed by atoms with van der Waals surface area (Å²) in [5.41, 5.74) is 1.47. The lowest BCUT2D eigenvalue weighted by atomic mass is 9.95. The minimum absolute atomic E-state index is 0.625. The molecule has 1 atom stereocenters. The molecule has 0 spiro atoms. The number of hydrogen-bond acceptors (Lipinski definition) is 1. The van der Waals surface area contributed by atoms with Crippen molar-refractivity contribution in [2.45, 2.75) is 19.3 Å². The summed E-state index contributed by atoms with van der Waals surface area (Å²) in [6.45, 7) is 2.16. The molecule has 0 amide bonds. The largest absolute Gasteiger partial charge is 0.149 e. The molecule has 1 aromatic heterocycles. The highest BCUT2D eigenvalue weighted by Crippen LogP contribution is 2.27. The predicted molar refractivity (Wildman–Crippen MR) is 54.7 cm³/mol. The zero-order valence-electron chi connectivity index (χ0n) is 7.16. The van der Waals surface area contributed by atoms with Crippen LogP contribution in [-0.2, 0) is 0 Å². The maximum absolute atomic E-state index is 2.29. The van der Waals surface area contributed by atoms with Crippen molar-refractivity contribution in [3.8, 4) is 0 Å². The number of allylic oxidation sites excluding steroid dienone is 4. The third-order valence-corrected chi connectivity index (χ3v) is 3.04. The summed E-state index contributed by atoms with van der Waals surface area (Å²) in [6, 6.07) is 2.29. The van der Waals surface area contributed by atoms with Crippen molar-refractivity contribution in [2.24, 2.45) is 0 Å². The minimum atomic E-state index is 0.625. The van der Waals surface area contributed by atoms with Gasteiger partial charge in [0.05, 0.1) is 0 Å². The van der Waals surface area contributed by atoms with E-state index in [4.69, 9.17) is 0 Å². The molecule has 12 heavy (non-hydrogen) atoms. The van der Waals surface area contributed by atoms with Crippen LogP contribution < -0.4 is 0 Å². The van der Waals surface area contributed by atoms with Gasteiger partial charge in [-0.3, -0.25) is 0 Å². The van der Waals surface area contributed by atoms with E-state index in [9.17, 15) is 0 Å². The molecular weight excluding hydrogens is 164 g/mol. The van der Waals surface area contributed by atoms with Crippen LogP contribution in [0, 0.1) is 6.92 Å². The Labute approximate surface area is 77.2 Å². The number of hydrogen-bond donors (Lipinski definition) is 0. The molecule has 0 aliphatic heterocycles. The van der Waals surface area contributed by atoms with Crippen LogP contribution >= 0.6 is 11.3 Å². The Morgan fingerprint density at radius 3 is 2.92 bits per heavy atom. The van der Waals surface area contributed by atoms with E-state index in [0.29, 0.717) is 5.92 Å². The fraction of sp³-hybridized carbons (Fsp3) is 0.273. The standard InChI is InChI=1S/C11H12S/c1-9-7-11(8-12-9)10-5-3-2-4-6-10/h2-5,7-8,10H,6H2,1H3. The van der Waals surface area contributed by atoms with E-state index < -0.39 is 0 Å². The summed E-state index contributed by atoms with van der Waals surface area (Å²) in [6.07, 6.45) is 9.93. The fourth-order valence-corrected chi connectivity index (χ4v) is 2.25. The Balaban J connectivity index is 2.20. The molecule has 1 heterocycles. The Morgan fingerprint density at radius 1 is 1.42 bits per heavy atom. The normalized spacial score (nSPS) is 21.6. The van der Waals surface area contributed by atoms with E-state index in [1.165, 1.54) is 10.4 Å². The van der Waals surface area contributed by atoms with Crippen molar-refractivity contribution in [3.63, 3.8) is 0 Å². The molecule has 1 heteroatoms. The van der Waals surface area contributed by atoms with Crippen LogP contribution in [0.25, 0.3) is 0 Å². The van der Waals surface area contributed by atoms with Gasteiger partial charge in [-0.15, -0.1) is 11.3 Å². The predicted octanol–water partition coefficient (Wildman–Crippen LogP) is 3.66. The van der Waals surface area contributed by atoms with Gasteiger partial charge >= 0.3 is 0 Å². The van der Waals surface area contributed by atoms with Gasteiger partial charge in [0.15, 0.2) is 0 Å². The molecule has 1 aromatic rings. The molecule has 2 rings (SSSR count). The van der Waals surface area contributed by atoms with Crippen LogP contribution in [0.1, 0.15) is 22.8 Å². The summed E-state index contributed by atoms with van der Waals surface area (Å²) in [7, 11) is 0. The zero-order chi connectivity index (χ0) is 8.39. The molecule has 0 nitrogen and oxygen atoms in total. The van der Waals surface area contributed by atoms with E-state index in [-0.39, 0.29) is 0 Å². The lowest BCUT2D eigenvalue weighted by Crippen LogP contribution is -1.93. The molecule has 1 aliphatic carbocycles. The van der Waals surface area contributed by atoms with Gasteiger partial charge in [-0.1, -0.05) is 24.3 Å². The first-order valence-electron chi connectivity index (χ1n) is 4.24. The maximum atomic E-state index is 2.29. The van der Waals surface area contributed by atoms with E-state index in [2.05, 4.69) is 42.7 Å². The fourth-order valence-electron chi connectivity index (χ4n) is 1.49. The Bertz CT molecular complexity index is 318. The third-order valence-electron chi connectivity index (χ3n) is 2.16. The van der Waals surface area contributed by atoms with Gasteiger partial charge < -0.3 is 0 Å². The Hall–Kier alpha value is -0.820. The molecule has 0 saturated heterocycles. The molecule has 62 valence electrons. The summed E-state index contributed by atoms with van der Waals surface area (Å²) < 4.78 is 0. The molecular formula is C11H12S. The zero-order valence-corrected chi connectivity index (χ0v) is 7.97. The highest BCUT2D eigenvalue weighted by Gasteiger charge is 2.08. The van der Waals surface area contributed by atoms with E-state index in [1.54, 1.807) is 0 Å². The molecule has 0 radical (unpaired) electrons. The minimum Gasteiger partial charge on any atom is -0.149 e. The van der Waals surface area contributed by atoms with Crippen molar-refractivity contribution in [1.82, 2.24) is 0 Å². The molecule has 0 bridgehead atoms. The quantitative estimate of drug-likeness (QED) is 0.612. The Kier molecular flexibility index (Phi) is 2.13. The van der Waals surface area contributed by atoms with Crippen molar-refractivity contribution in [3.05, 3.63) is 46.2 Å². The van der Waals surface area contributed by atoms with Crippen LogP contribution in [0.15, 0.2) is 35.8 Å². The molecule has 1 unspecified atom stereocenters. The summed E-state index contributed by atoms with van der Waals surface area (Å²) in [5.74, 6) is 0.625. The van der Waals surface area contributed by atoms with Gasteiger partial charge in [0.25, 0.3) is 0 Å². The van der Waals surface area contributed by atoms with Crippen LogP contribution in [0.3, 0.4) is 0 Å². The SMILES string of the molecule is Cc1cc(C2C=CC=CC2)cs1. The topological polar surface area (TPSA) is 0 Å². The van der Waals surface area contributed by atoms with E-state index >= 15 is 0 Å². The van der Waals surface area contributed by atoms with Crippen molar-refractivity contribution in [2.75, 3.05) is 0 Å². The van der Waals surface area contributed by atoms with Crippen LogP contribution in [0.4, 0.5) is 0 Å². The van der Waals surface area contributed by atoms with Gasteiger partial charge in [0.2, 0.25) is 0 Å². The average molecular weight is 176 g/mol. The van der Waals surface area contributed by atoms with Crippen LogP contribution in [0.2, 0.25) is 0 Å². The van der Waals surface area contributed by atoms with E-state index in [0.717, 1.165) is 6.42 Å². The molecule has 0 fully saturated rings. The van der Waals surface area contributed by atoms with Crippen LogP contribution in [0.5, 0.6) is 0 Å². The maximum Gasteiger partial charge on any atom is 0.00640 e. The van der Waals surface area contributed by atoms with Gasteiger partial charge in [-0.25, -0.2) is 0 Å². The van der Waals surface area contributed by atoms with Gasteiger partial charge in [-0.05, 0) is 30.4 Å². The number of rotatable bonds is 1. The Morgan fingerprint density at radius 2 is 2.33 bits per heavy atom. The second kappa shape index (κ2) is 3.28.